The van der Waals surface area contributed by atoms with Crippen LogP contribution < -0.4 is 0 Å². The molecule has 0 unspecified atom stereocenters. The van der Waals surface area contributed by atoms with Gasteiger partial charge in [-0.05, 0) is 12.5 Å². The van der Waals surface area contributed by atoms with Crippen LogP contribution in [0, 0.1) is 6.92 Å². The van der Waals surface area contributed by atoms with Gasteiger partial charge >= 0.3 is 0 Å². The zero-order valence-electron chi connectivity index (χ0n) is 6.82. The lowest BCUT2D eigenvalue weighted by Crippen LogP contribution is -1.67. The summed E-state index contributed by atoms with van der Waals surface area (Å²) in [7, 11) is 0. The van der Waals surface area contributed by atoms with Crippen molar-refractivity contribution in [3.63, 3.8) is 0 Å². The summed E-state index contributed by atoms with van der Waals surface area (Å²) < 4.78 is 0. The molecule has 0 aliphatic heterocycles. The number of hydrogen-bond acceptors (Lipinski definition) is 2. The SMILES string of the molecule is Cc1ncc(-c2ccccc2)s1. The van der Waals surface area contributed by atoms with Crippen molar-refractivity contribution in [3.05, 3.63) is 41.5 Å². The minimum absolute atomic E-state index is 1.12. The van der Waals surface area contributed by atoms with E-state index >= 15 is 0 Å². The van der Waals surface area contributed by atoms with Crippen molar-refractivity contribution in [2.45, 2.75) is 6.92 Å². The molecule has 0 amide bonds. The molecule has 2 rings (SSSR count). The van der Waals surface area contributed by atoms with Crippen molar-refractivity contribution in [1.29, 1.82) is 0 Å². The van der Waals surface area contributed by atoms with E-state index in [9.17, 15) is 0 Å². The molecule has 2 aromatic rings. The van der Waals surface area contributed by atoms with Gasteiger partial charge in [-0.25, -0.2) is 4.98 Å². The molecule has 1 heterocycles. The van der Waals surface area contributed by atoms with E-state index < -0.39 is 0 Å². The van der Waals surface area contributed by atoms with Crippen molar-refractivity contribution in [2.75, 3.05) is 0 Å². The lowest BCUT2D eigenvalue weighted by Gasteiger charge is -1.92. The second-order valence-electron chi connectivity index (χ2n) is 2.61. The molecule has 0 saturated heterocycles. The molecule has 0 fully saturated rings. The predicted molar refractivity (Wildman–Crippen MR) is 52.3 cm³/mol. The molecule has 12 heavy (non-hydrogen) atoms. The first-order valence-electron chi connectivity index (χ1n) is 3.84. The van der Waals surface area contributed by atoms with Gasteiger partial charge in [0, 0.05) is 6.20 Å². The van der Waals surface area contributed by atoms with Crippen LogP contribution in [0.3, 0.4) is 0 Å². The fourth-order valence-corrected chi connectivity index (χ4v) is 1.88. The summed E-state index contributed by atoms with van der Waals surface area (Å²) in [5.74, 6) is 0. The highest BCUT2D eigenvalue weighted by Gasteiger charge is 1.98. The molecule has 60 valence electrons. The van der Waals surface area contributed by atoms with Gasteiger partial charge in [0.15, 0.2) is 0 Å². The lowest BCUT2D eigenvalue weighted by atomic mass is 10.2. The first-order valence-corrected chi connectivity index (χ1v) is 4.66. The van der Waals surface area contributed by atoms with E-state index in [-0.39, 0.29) is 0 Å². The van der Waals surface area contributed by atoms with Gasteiger partial charge in [0.05, 0.1) is 9.88 Å². The Morgan fingerprint density at radius 1 is 1.17 bits per heavy atom. The Morgan fingerprint density at radius 3 is 2.50 bits per heavy atom. The van der Waals surface area contributed by atoms with Crippen molar-refractivity contribution in [1.82, 2.24) is 4.98 Å². The fraction of sp³-hybridized carbons (Fsp3) is 0.100. The van der Waals surface area contributed by atoms with E-state index in [2.05, 4.69) is 17.1 Å². The van der Waals surface area contributed by atoms with Crippen LogP contribution in [0.5, 0.6) is 0 Å². The average molecular weight is 175 g/mol. The minimum Gasteiger partial charge on any atom is -0.249 e. The van der Waals surface area contributed by atoms with Crippen LogP contribution in [-0.4, -0.2) is 4.98 Å². The second-order valence-corrected chi connectivity index (χ2v) is 3.84. The van der Waals surface area contributed by atoms with Gasteiger partial charge in [-0.2, -0.15) is 0 Å². The first-order chi connectivity index (χ1) is 5.86. The Balaban J connectivity index is 2.45. The molecule has 0 radical (unpaired) electrons. The van der Waals surface area contributed by atoms with Gasteiger partial charge in [0.2, 0.25) is 0 Å². The number of nitrogens with zero attached hydrogens (tertiary/aromatic N) is 1. The summed E-state index contributed by atoms with van der Waals surface area (Å²) in [4.78, 5) is 5.46. The summed E-state index contributed by atoms with van der Waals surface area (Å²) in [5.41, 5.74) is 1.25. The van der Waals surface area contributed by atoms with Crippen LogP contribution in [0.25, 0.3) is 10.4 Å². The summed E-state index contributed by atoms with van der Waals surface area (Å²) in [5, 5.41) is 1.12. The van der Waals surface area contributed by atoms with Gasteiger partial charge in [-0.3, -0.25) is 0 Å². The zero-order chi connectivity index (χ0) is 8.39. The molecular weight excluding hydrogens is 166 g/mol. The van der Waals surface area contributed by atoms with Crippen LogP contribution >= 0.6 is 11.3 Å². The van der Waals surface area contributed by atoms with E-state index in [0.29, 0.717) is 0 Å². The summed E-state index contributed by atoms with van der Waals surface area (Å²) >= 11 is 1.73. The van der Waals surface area contributed by atoms with Gasteiger partial charge in [-0.15, -0.1) is 11.3 Å². The Hall–Kier alpha value is -1.15. The quantitative estimate of drug-likeness (QED) is 0.649. The summed E-state index contributed by atoms with van der Waals surface area (Å²) in [6.45, 7) is 2.02. The number of aromatic nitrogens is 1. The number of thiazole rings is 1. The largest absolute Gasteiger partial charge is 0.249 e. The van der Waals surface area contributed by atoms with E-state index in [1.165, 1.54) is 10.4 Å². The summed E-state index contributed by atoms with van der Waals surface area (Å²) in [6.07, 6.45) is 1.93. The molecule has 1 aromatic heterocycles. The highest BCUT2D eigenvalue weighted by Crippen LogP contribution is 2.24. The highest BCUT2D eigenvalue weighted by atomic mass is 32.1. The smallest absolute Gasteiger partial charge is 0.0900 e. The number of benzene rings is 1. The maximum Gasteiger partial charge on any atom is 0.0900 e. The standard InChI is InChI=1S/C10H9NS/c1-8-11-7-10(12-8)9-5-3-2-4-6-9/h2-7H,1H3. The van der Waals surface area contributed by atoms with Gasteiger partial charge in [0.25, 0.3) is 0 Å². The maximum atomic E-state index is 4.21. The monoisotopic (exact) mass is 175 g/mol. The maximum absolute atomic E-state index is 4.21. The Labute approximate surface area is 75.7 Å². The van der Waals surface area contributed by atoms with Crippen molar-refractivity contribution < 1.29 is 0 Å². The molecule has 0 aliphatic rings. The third kappa shape index (κ3) is 1.38. The molecule has 0 bridgehead atoms. The Kier molecular flexibility index (Phi) is 1.92. The summed E-state index contributed by atoms with van der Waals surface area (Å²) in [6, 6.07) is 10.3. The van der Waals surface area contributed by atoms with Crippen LogP contribution in [0.4, 0.5) is 0 Å². The molecule has 1 nitrogen and oxygen atoms in total. The van der Waals surface area contributed by atoms with Gasteiger partial charge < -0.3 is 0 Å². The average Bonchev–Trinajstić information content (AvgIpc) is 2.54. The Bertz CT molecular complexity index is 364. The Morgan fingerprint density at radius 2 is 1.92 bits per heavy atom. The molecule has 0 saturated carbocycles. The minimum atomic E-state index is 1.12. The second kappa shape index (κ2) is 3.07. The molecule has 1 aromatic carbocycles. The van der Waals surface area contributed by atoms with Crippen molar-refractivity contribution in [2.24, 2.45) is 0 Å². The van der Waals surface area contributed by atoms with E-state index in [0.717, 1.165) is 5.01 Å². The van der Waals surface area contributed by atoms with E-state index in [1.54, 1.807) is 11.3 Å². The number of aryl methyl sites for hydroxylation is 1. The zero-order valence-corrected chi connectivity index (χ0v) is 7.64. The predicted octanol–water partition coefficient (Wildman–Crippen LogP) is 3.12. The number of rotatable bonds is 1. The molecule has 2 heteroatoms. The molecule has 0 atom stereocenters. The molecule has 0 N–H and O–H groups in total. The van der Waals surface area contributed by atoms with Gasteiger partial charge in [-0.1, -0.05) is 30.3 Å². The normalized spacial score (nSPS) is 10.1. The first kappa shape index (κ1) is 7.50. The van der Waals surface area contributed by atoms with Crippen LogP contribution in [0.2, 0.25) is 0 Å². The highest BCUT2D eigenvalue weighted by molar-refractivity contribution is 7.15. The molecule has 0 spiro atoms. The topological polar surface area (TPSA) is 12.9 Å². The molecular formula is C10H9NS. The van der Waals surface area contributed by atoms with Crippen molar-refractivity contribution >= 4 is 11.3 Å². The van der Waals surface area contributed by atoms with Crippen LogP contribution in [0.1, 0.15) is 5.01 Å². The lowest BCUT2D eigenvalue weighted by molar-refractivity contribution is 1.30. The van der Waals surface area contributed by atoms with Gasteiger partial charge in [0.1, 0.15) is 0 Å². The number of hydrogen-bond donors (Lipinski definition) is 0. The molecule has 0 aliphatic carbocycles. The van der Waals surface area contributed by atoms with Crippen LogP contribution in [-0.2, 0) is 0 Å². The van der Waals surface area contributed by atoms with E-state index in [4.69, 9.17) is 0 Å². The third-order valence-corrected chi connectivity index (χ3v) is 2.64. The fourth-order valence-electron chi connectivity index (χ4n) is 1.10. The van der Waals surface area contributed by atoms with E-state index in [1.807, 2.05) is 31.3 Å². The van der Waals surface area contributed by atoms with Crippen LogP contribution in [0.15, 0.2) is 36.5 Å². The third-order valence-electron chi connectivity index (χ3n) is 1.68. The van der Waals surface area contributed by atoms with Crippen molar-refractivity contribution in [3.8, 4) is 10.4 Å².